The van der Waals surface area contributed by atoms with Gasteiger partial charge in [0.1, 0.15) is 5.25 Å². The topological polar surface area (TPSA) is 54.4 Å². The van der Waals surface area contributed by atoms with E-state index in [2.05, 4.69) is 0 Å². The molecule has 0 aliphatic heterocycles. The van der Waals surface area contributed by atoms with Crippen molar-refractivity contribution in [3.63, 3.8) is 0 Å². The molecule has 2 unspecified atom stereocenters. The van der Waals surface area contributed by atoms with Gasteiger partial charge in [-0.1, -0.05) is 36.2 Å². The first kappa shape index (κ1) is 14.5. The molecule has 1 aromatic carbocycles. The van der Waals surface area contributed by atoms with Crippen LogP contribution in [0.4, 0.5) is 0 Å². The van der Waals surface area contributed by atoms with Crippen LogP contribution in [0.5, 0.6) is 0 Å². The summed E-state index contributed by atoms with van der Waals surface area (Å²) in [5.74, 6) is -1.00. The smallest absolute Gasteiger partial charge is 0.319 e. The molecule has 3 nitrogen and oxygen atoms in total. The third-order valence-electron chi connectivity index (χ3n) is 2.31. The number of benzene rings is 1. The molecule has 0 radical (unpaired) electrons. The van der Waals surface area contributed by atoms with E-state index in [4.69, 9.17) is 28.3 Å². The van der Waals surface area contributed by atoms with Gasteiger partial charge >= 0.3 is 5.97 Å². The molecule has 0 aromatic heterocycles. The summed E-state index contributed by atoms with van der Waals surface area (Å²) in [6.45, 7) is 1.69. The molecule has 0 heterocycles. The van der Waals surface area contributed by atoms with E-state index >= 15 is 0 Å². The van der Waals surface area contributed by atoms with Crippen molar-refractivity contribution in [1.82, 2.24) is 0 Å². The molecule has 0 bridgehead atoms. The van der Waals surface area contributed by atoms with Crippen LogP contribution in [-0.4, -0.2) is 20.5 Å². The van der Waals surface area contributed by atoms with E-state index in [1.807, 2.05) is 0 Å². The van der Waals surface area contributed by atoms with E-state index < -0.39 is 22.0 Å². The van der Waals surface area contributed by atoms with Gasteiger partial charge in [-0.25, -0.2) is 0 Å². The average Bonchev–Trinajstić information content (AvgIpc) is 2.24. The van der Waals surface area contributed by atoms with Gasteiger partial charge in [-0.05, 0) is 18.6 Å². The zero-order valence-corrected chi connectivity index (χ0v) is 11.5. The lowest BCUT2D eigenvalue weighted by Crippen LogP contribution is -2.25. The molecule has 0 amide bonds. The first-order valence-corrected chi connectivity index (χ1v) is 7.14. The first-order valence-electron chi connectivity index (χ1n) is 5.00. The predicted molar refractivity (Wildman–Crippen MR) is 70.0 cm³/mol. The summed E-state index contributed by atoms with van der Waals surface area (Å²) < 4.78 is 11.9. The summed E-state index contributed by atoms with van der Waals surface area (Å²) in [6, 6.07) is 4.97. The molecule has 1 N–H and O–H groups in total. The van der Waals surface area contributed by atoms with Crippen LogP contribution in [0.3, 0.4) is 0 Å². The largest absolute Gasteiger partial charge is 0.480 e. The lowest BCUT2D eigenvalue weighted by molar-refractivity contribution is -0.136. The fourth-order valence-electron chi connectivity index (χ4n) is 1.39. The van der Waals surface area contributed by atoms with Crippen LogP contribution in [0.2, 0.25) is 10.0 Å². The fourth-order valence-corrected chi connectivity index (χ4v) is 3.47. The molecule has 0 fully saturated rings. The van der Waals surface area contributed by atoms with Crippen LogP contribution in [0.15, 0.2) is 18.2 Å². The lowest BCUT2D eigenvalue weighted by atomic mass is 10.2. The minimum absolute atomic E-state index is 0.0588. The van der Waals surface area contributed by atoms with Crippen molar-refractivity contribution in [1.29, 1.82) is 0 Å². The highest BCUT2D eigenvalue weighted by molar-refractivity contribution is 7.85. The maximum Gasteiger partial charge on any atom is 0.319 e. The van der Waals surface area contributed by atoms with Crippen molar-refractivity contribution in [3.05, 3.63) is 33.8 Å². The monoisotopic (exact) mass is 294 g/mol. The molecular formula is C11H12Cl2O3S. The molecule has 0 aliphatic carbocycles. The van der Waals surface area contributed by atoms with Gasteiger partial charge in [0.05, 0.1) is 5.75 Å². The molecule has 2 atom stereocenters. The lowest BCUT2D eigenvalue weighted by Gasteiger charge is -2.11. The second-order valence-corrected chi connectivity index (χ2v) is 5.89. The number of halogens is 2. The Morgan fingerprint density at radius 3 is 2.35 bits per heavy atom. The fraction of sp³-hybridized carbons (Fsp3) is 0.364. The van der Waals surface area contributed by atoms with E-state index in [1.165, 1.54) is 0 Å². The Hall–Kier alpha value is -0.580. The van der Waals surface area contributed by atoms with Gasteiger partial charge in [-0.15, -0.1) is 0 Å². The van der Waals surface area contributed by atoms with Crippen molar-refractivity contribution >= 4 is 40.0 Å². The zero-order chi connectivity index (χ0) is 13.0. The van der Waals surface area contributed by atoms with Gasteiger partial charge < -0.3 is 5.11 Å². The van der Waals surface area contributed by atoms with Gasteiger partial charge in [0, 0.05) is 26.4 Å². The Morgan fingerprint density at radius 1 is 1.41 bits per heavy atom. The molecule has 17 heavy (non-hydrogen) atoms. The van der Waals surface area contributed by atoms with Crippen molar-refractivity contribution in [2.45, 2.75) is 24.3 Å². The minimum Gasteiger partial charge on any atom is -0.480 e. The average molecular weight is 295 g/mol. The highest BCUT2D eigenvalue weighted by Crippen LogP contribution is 2.26. The minimum atomic E-state index is -1.53. The highest BCUT2D eigenvalue weighted by atomic mass is 35.5. The maximum atomic E-state index is 11.9. The van der Waals surface area contributed by atoms with Crippen LogP contribution in [0, 0.1) is 0 Å². The third-order valence-corrected chi connectivity index (χ3v) is 4.76. The SMILES string of the molecule is CCC(C(=O)O)S(=O)Cc1c(Cl)cccc1Cl. The van der Waals surface area contributed by atoms with Crippen LogP contribution in [-0.2, 0) is 21.3 Å². The molecule has 1 aromatic rings. The number of hydrogen-bond acceptors (Lipinski definition) is 2. The van der Waals surface area contributed by atoms with E-state index in [0.717, 1.165) is 0 Å². The second-order valence-electron chi connectivity index (χ2n) is 3.46. The summed E-state index contributed by atoms with van der Waals surface area (Å²) in [5.41, 5.74) is 0.536. The first-order chi connectivity index (χ1) is 7.97. The second kappa shape index (κ2) is 6.38. The number of hydrogen-bond donors (Lipinski definition) is 1. The van der Waals surface area contributed by atoms with E-state index in [1.54, 1.807) is 25.1 Å². The molecule has 0 saturated heterocycles. The standard InChI is InChI=1S/C11H12Cl2O3S/c1-2-10(11(14)15)17(16)6-7-8(12)4-3-5-9(7)13/h3-5,10H,2,6H2,1H3,(H,14,15). The van der Waals surface area contributed by atoms with E-state index in [9.17, 15) is 9.00 Å². The van der Waals surface area contributed by atoms with Gasteiger partial charge in [-0.3, -0.25) is 9.00 Å². The van der Waals surface area contributed by atoms with Crippen LogP contribution in [0.1, 0.15) is 18.9 Å². The Bertz CT molecular complexity index is 428. The van der Waals surface area contributed by atoms with Gasteiger partial charge in [0.2, 0.25) is 0 Å². The normalized spacial score (nSPS) is 14.3. The summed E-state index contributed by atoms with van der Waals surface area (Å²) in [6.07, 6.45) is 0.310. The third kappa shape index (κ3) is 3.69. The van der Waals surface area contributed by atoms with Gasteiger partial charge in [0.15, 0.2) is 0 Å². The van der Waals surface area contributed by atoms with Crippen molar-refractivity contribution in [2.24, 2.45) is 0 Å². The summed E-state index contributed by atoms with van der Waals surface area (Å²) in [5, 5.41) is 8.83. The quantitative estimate of drug-likeness (QED) is 0.908. The van der Waals surface area contributed by atoms with Crippen LogP contribution >= 0.6 is 23.2 Å². The van der Waals surface area contributed by atoms with E-state index in [-0.39, 0.29) is 5.75 Å². The summed E-state index contributed by atoms with van der Waals surface area (Å²) >= 11 is 11.9. The molecule has 6 heteroatoms. The molecule has 0 spiro atoms. The number of aliphatic carboxylic acids is 1. The van der Waals surface area contributed by atoms with Gasteiger partial charge in [0.25, 0.3) is 0 Å². The van der Waals surface area contributed by atoms with Crippen molar-refractivity contribution in [3.8, 4) is 0 Å². The predicted octanol–water partition coefficient (Wildman–Crippen LogP) is 3.11. The summed E-state index contributed by atoms with van der Waals surface area (Å²) in [7, 11) is -1.53. The van der Waals surface area contributed by atoms with Crippen LogP contribution in [0.25, 0.3) is 0 Å². The van der Waals surface area contributed by atoms with Crippen LogP contribution < -0.4 is 0 Å². The molecule has 0 aliphatic rings. The number of carboxylic acids is 1. The van der Waals surface area contributed by atoms with Crippen molar-refractivity contribution < 1.29 is 14.1 Å². The Balaban J connectivity index is 2.91. The molecular weight excluding hydrogens is 283 g/mol. The Morgan fingerprint density at radius 2 is 1.94 bits per heavy atom. The number of carboxylic acid groups (broad SMARTS) is 1. The van der Waals surface area contributed by atoms with E-state index in [0.29, 0.717) is 22.0 Å². The Kier molecular flexibility index (Phi) is 5.43. The van der Waals surface area contributed by atoms with Gasteiger partial charge in [-0.2, -0.15) is 0 Å². The Labute approximate surface area is 112 Å². The summed E-state index contributed by atoms with van der Waals surface area (Å²) in [4.78, 5) is 10.9. The van der Waals surface area contributed by atoms with Crippen molar-refractivity contribution in [2.75, 3.05) is 0 Å². The molecule has 1 rings (SSSR count). The number of rotatable bonds is 5. The molecule has 94 valence electrons. The highest BCUT2D eigenvalue weighted by Gasteiger charge is 2.23. The number of carbonyl (C=O) groups is 1. The maximum absolute atomic E-state index is 11.9. The molecule has 0 saturated carbocycles. The zero-order valence-electron chi connectivity index (χ0n) is 9.15.